The van der Waals surface area contributed by atoms with Crippen LogP contribution in [0.5, 0.6) is 5.75 Å². The van der Waals surface area contributed by atoms with E-state index in [2.05, 4.69) is 6.92 Å². The van der Waals surface area contributed by atoms with Crippen molar-refractivity contribution in [3.05, 3.63) is 29.3 Å². The Morgan fingerprint density at radius 2 is 2.13 bits per heavy atom. The number of aldehydes is 1. The van der Waals surface area contributed by atoms with Crippen molar-refractivity contribution in [3.63, 3.8) is 0 Å². The summed E-state index contributed by atoms with van der Waals surface area (Å²) < 4.78 is 5.26. The molecular formula is C13H18O2. The highest BCUT2D eigenvalue weighted by molar-refractivity contribution is 5.75. The van der Waals surface area contributed by atoms with Crippen LogP contribution in [0.15, 0.2) is 18.2 Å². The van der Waals surface area contributed by atoms with Gasteiger partial charge in [-0.1, -0.05) is 19.8 Å². The van der Waals surface area contributed by atoms with Crippen LogP contribution in [0.2, 0.25) is 0 Å². The third-order valence-electron chi connectivity index (χ3n) is 2.49. The number of carbonyl (C=O) groups is 1. The van der Waals surface area contributed by atoms with E-state index >= 15 is 0 Å². The molecule has 0 aliphatic carbocycles. The summed E-state index contributed by atoms with van der Waals surface area (Å²) in [6, 6.07) is 5.57. The first-order valence-corrected chi connectivity index (χ1v) is 5.44. The van der Waals surface area contributed by atoms with Crippen LogP contribution < -0.4 is 4.74 Å². The normalized spacial score (nSPS) is 10.0. The Hall–Kier alpha value is -1.31. The van der Waals surface area contributed by atoms with E-state index in [1.807, 2.05) is 12.1 Å². The molecule has 0 aromatic heterocycles. The first-order chi connectivity index (χ1) is 7.31. The van der Waals surface area contributed by atoms with Gasteiger partial charge in [0.25, 0.3) is 0 Å². The summed E-state index contributed by atoms with van der Waals surface area (Å²) in [5.74, 6) is 0.886. The second kappa shape index (κ2) is 6.23. The number of hydrogen-bond acceptors (Lipinski definition) is 2. The molecule has 15 heavy (non-hydrogen) atoms. The fourth-order valence-corrected chi connectivity index (χ4v) is 1.63. The number of methoxy groups -OCH3 is 1. The minimum absolute atomic E-state index is 0.724. The molecule has 0 bridgehead atoms. The van der Waals surface area contributed by atoms with Crippen molar-refractivity contribution >= 4 is 6.29 Å². The van der Waals surface area contributed by atoms with E-state index in [0.717, 1.165) is 36.0 Å². The Balaban J connectivity index is 2.76. The Morgan fingerprint density at radius 3 is 2.73 bits per heavy atom. The average Bonchev–Trinajstić information content (AvgIpc) is 2.29. The molecule has 0 saturated carbocycles. The zero-order valence-electron chi connectivity index (χ0n) is 9.45. The van der Waals surface area contributed by atoms with Gasteiger partial charge < -0.3 is 4.74 Å². The van der Waals surface area contributed by atoms with E-state index in [-0.39, 0.29) is 0 Å². The van der Waals surface area contributed by atoms with Gasteiger partial charge in [-0.15, -0.1) is 0 Å². The summed E-state index contributed by atoms with van der Waals surface area (Å²) in [6.45, 7) is 2.18. The molecule has 1 aromatic carbocycles. The van der Waals surface area contributed by atoms with Crippen molar-refractivity contribution in [2.24, 2.45) is 0 Å². The highest BCUT2D eigenvalue weighted by Crippen LogP contribution is 2.21. The molecule has 1 aromatic rings. The predicted molar refractivity (Wildman–Crippen MR) is 61.6 cm³/mol. The molecule has 0 atom stereocenters. The lowest BCUT2D eigenvalue weighted by molar-refractivity contribution is 0.112. The second-order valence-electron chi connectivity index (χ2n) is 3.65. The van der Waals surface area contributed by atoms with Gasteiger partial charge in [0.15, 0.2) is 0 Å². The fourth-order valence-electron chi connectivity index (χ4n) is 1.63. The van der Waals surface area contributed by atoms with Crippen LogP contribution in [0.3, 0.4) is 0 Å². The number of unbranched alkanes of at least 4 members (excludes halogenated alkanes) is 2. The minimum atomic E-state index is 0.724. The fraction of sp³-hybridized carbons (Fsp3) is 0.462. The minimum Gasteiger partial charge on any atom is -0.496 e. The summed E-state index contributed by atoms with van der Waals surface area (Å²) in [5.41, 5.74) is 1.86. The molecule has 0 N–H and O–H groups in total. The van der Waals surface area contributed by atoms with Crippen molar-refractivity contribution in [3.8, 4) is 5.75 Å². The van der Waals surface area contributed by atoms with Crippen molar-refractivity contribution in [2.45, 2.75) is 32.6 Å². The molecule has 0 heterocycles. The van der Waals surface area contributed by atoms with Gasteiger partial charge in [0.1, 0.15) is 12.0 Å². The SMILES string of the molecule is CCCCCc1cc(C=O)ccc1OC. The van der Waals surface area contributed by atoms with Crippen molar-refractivity contribution in [1.29, 1.82) is 0 Å². The van der Waals surface area contributed by atoms with Crippen LogP contribution in [-0.2, 0) is 6.42 Å². The summed E-state index contributed by atoms with van der Waals surface area (Å²) in [5, 5.41) is 0. The number of hydrogen-bond donors (Lipinski definition) is 0. The van der Waals surface area contributed by atoms with Gasteiger partial charge >= 0.3 is 0 Å². The predicted octanol–water partition coefficient (Wildman–Crippen LogP) is 3.24. The molecule has 0 aliphatic heterocycles. The van der Waals surface area contributed by atoms with Gasteiger partial charge in [0.05, 0.1) is 7.11 Å². The largest absolute Gasteiger partial charge is 0.496 e. The molecule has 0 radical (unpaired) electrons. The van der Waals surface area contributed by atoms with Gasteiger partial charge in [-0.25, -0.2) is 0 Å². The highest BCUT2D eigenvalue weighted by Gasteiger charge is 2.03. The first kappa shape index (κ1) is 11.8. The summed E-state index contributed by atoms with van der Waals surface area (Å²) >= 11 is 0. The topological polar surface area (TPSA) is 26.3 Å². The van der Waals surface area contributed by atoms with E-state index in [4.69, 9.17) is 4.74 Å². The maximum Gasteiger partial charge on any atom is 0.150 e. The van der Waals surface area contributed by atoms with Gasteiger partial charge in [-0.3, -0.25) is 4.79 Å². The monoisotopic (exact) mass is 206 g/mol. The van der Waals surface area contributed by atoms with E-state index in [0.29, 0.717) is 0 Å². The zero-order chi connectivity index (χ0) is 11.1. The molecule has 0 amide bonds. The molecule has 0 saturated heterocycles. The first-order valence-electron chi connectivity index (χ1n) is 5.44. The average molecular weight is 206 g/mol. The summed E-state index contributed by atoms with van der Waals surface area (Å²) in [4.78, 5) is 10.6. The van der Waals surface area contributed by atoms with Crippen molar-refractivity contribution in [1.82, 2.24) is 0 Å². The van der Waals surface area contributed by atoms with Crippen LogP contribution in [0.1, 0.15) is 42.1 Å². The number of rotatable bonds is 6. The number of carbonyl (C=O) groups excluding carboxylic acids is 1. The molecule has 2 nitrogen and oxygen atoms in total. The van der Waals surface area contributed by atoms with Crippen molar-refractivity contribution < 1.29 is 9.53 Å². The lowest BCUT2D eigenvalue weighted by Gasteiger charge is -2.08. The Bertz CT molecular complexity index is 318. The van der Waals surface area contributed by atoms with Crippen LogP contribution in [0.4, 0.5) is 0 Å². The number of aryl methyl sites for hydroxylation is 1. The van der Waals surface area contributed by atoms with Gasteiger partial charge in [0.2, 0.25) is 0 Å². The second-order valence-corrected chi connectivity index (χ2v) is 3.65. The standard InChI is InChI=1S/C13H18O2/c1-3-4-5-6-12-9-11(10-14)7-8-13(12)15-2/h7-10H,3-6H2,1-2H3. The zero-order valence-corrected chi connectivity index (χ0v) is 9.45. The van der Waals surface area contributed by atoms with Gasteiger partial charge in [-0.2, -0.15) is 0 Å². The molecule has 0 spiro atoms. The van der Waals surface area contributed by atoms with Crippen molar-refractivity contribution in [2.75, 3.05) is 7.11 Å². The van der Waals surface area contributed by atoms with E-state index < -0.39 is 0 Å². The lowest BCUT2D eigenvalue weighted by Crippen LogP contribution is -1.94. The molecule has 0 aliphatic rings. The Labute approximate surface area is 91.3 Å². The highest BCUT2D eigenvalue weighted by atomic mass is 16.5. The summed E-state index contributed by atoms with van der Waals surface area (Å²) in [6.07, 6.45) is 5.43. The van der Waals surface area contributed by atoms with Gasteiger partial charge in [0, 0.05) is 5.56 Å². The Kier molecular flexibility index (Phi) is 4.88. The molecule has 2 heteroatoms. The molecule has 82 valence electrons. The lowest BCUT2D eigenvalue weighted by atomic mass is 10.0. The van der Waals surface area contributed by atoms with E-state index in [9.17, 15) is 4.79 Å². The third-order valence-corrected chi connectivity index (χ3v) is 2.49. The van der Waals surface area contributed by atoms with E-state index in [1.165, 1.54) is 12.8 Å². The van der Waals surface area contributed by atoms with Gasteiger partial charge in [-0.05, 0) is 36.6 Å². The van der Waals surface area contributed by atoms with Crippen LogP contribution >= 0.6 is 0 Å². The third kappa shape index (κ3) is 3.39. The molecule has 0 unspecified atom stereocenters. The molecule has 0 fully saturated rings. The molecule has 1 rings (SSSR count). The quantitative estimate of drug-likeness (QED) is 0.527. The number of benzene rings is 1. The van der Waals surface area contributed by atoms with Crippen LogP contribution in [-0.4, -0.2) is 13.4 Å². The van der Waals surface area contributed by atoms with Crippen LogP contribution in [0.25, 0.3) is 0 Å². The van der Waals surface area contributed by atoms with E-state index in [1.54, 1.807) is 13.2 Å². The smallest absolute Gasteiger partial charge is 0.150 e. The maximum atomic E-state index is 10.6. The van der Waals surface area contributed by atoms with Crippen LogP contribution in [0, 0.1) is 0 Å². The number of ether oxygens (including phenoxy) is 1. The Morgan fingerprint density at radius 1 is 1.33 bits per heavy atom. The maximum absolute atomic E-state index is 10.6. The summed E-state index contributed by atoms with van der Waals surface area (Å²) in [7, 11) is 1.67. The molecular weight excluding hydrogens is 188 g/mol.